The molecular formula is C26H28N4O6S. The van der Waals surface area contributed by atoms with Crippen LogP contribution in [0.5, 0.6) is 0 Å². The van der Waals surface area contributed by atoms with Crippen LogP contribution in [0.3, 0.4) is 0 Å². The molecule has 3 aromatic rings. The highest BCUT2D eigenvalue weighted by Gasteiger charge is 2.31. The van der Waals surface area contributed by atoms with E-state index in [1.807, 2.05) is 43.3 Å². The second-order valence-electron chi connectivity index (χ2n) is 8.83. The first kappa shape index (κ1) is 26.2. The zero-order valence-electron chi connectivity index (χ0n) is 20.7. The van der Waals surface area contributed by atoms with E-state index in [9.17, 15) is 22.8 Å². The molecule has 2 heterocycles. The monoisotopic (exact) mass is 524 g/mol. The van der Waals surface area contributed by atoms with Gasteiger partial charge in [-0.3, -0.25) is 9.59 Å². The number of aryl methyl sites for hydroxylation is 2. The normalized spacial score (nSPS) is 14.4. The predicted octanol–water partition coefficient (Wildman–Crippen LogP) is 1.60. The fourth-order valence-corrected chi connectivity index (χ4v) is 5.75. The third kappa shape index (κ3) is 6.12. The number of aromatic nitrogens is 2. The van der Waals surface area contributed by atoms with Gasteiger partial charge in [-0.25, -0.2) is 17.9 Å². The van der Waals surface area contributed by atoms with Crippen molar-refractivity contribution in [3.8, 4) is 0 Å². The molecule has 11 heteroatoms. The van der Waals surface area contributed by atoms with Crippen molar-refractivity contribution < 1.29 is 22.7 Å². The number of piperazine rings is 1. The molecule has 0 bridgehead atoms. The van der Waals surface area contributed by atoms with E-state index in [0.717, 1.165) is 15.8 Å². The van der Waals surface area contributed by atoms with Crippen LogP contribution in [0, 0.1) is 13.8 Å². The average molecular weight is 525 g/mol. The van der Waals surface area contributed by atoms with E-state index in [1.54, 1.807) is 19.1 Å². The molecule has 0 atom stereocenters. The van der Waals surface area contributed by atoms with Crippen molar-refractivity contribution in [2.45, 2.75) is 25.3 Å². The number of benzene rings is 2. The second kappa shape index (κ2) is 11.1. The zero-order chi connectivity index (χ0) is 26.6. The molecular weight excluding hydrogens is 496 g/mol. The first-order valence-electron chi connectivity index (χ1n) is 11.8. The molecule has 1 amide bonds. The molecule has 0 radical (unpaired) electrons. The quantitative estimate of drug-likeness (QED) is 0.431. The first-order chi connectivity index (χ1) is 17.6. The molecule has 0 N–H and O–H groups in total. The van der Waals surface area contributed by atoms with Crippen molar-refractivity contribution in [1.82, 2.24) is 19.0 Å². The molecule has 0 unspecified atom stereocenters. The lowest BCUT2D eigenvalue weighted by Crippen LogP contribution is -2.51. The topological polar surface area (TPSA) is 119 Å². The van der Waals surface area contributed by atoms with Crippen LogP contribution in [0.25, 0.3) is 0 Å². The number of sulfonamides is 1. The lowest BCUT2D eigenvalue weighted by Gasteiger charge is -2.34. The molecule has 37 heavy (non-hydrogen) atoms. The van der Waals surface area contributed by atoms with Crippen molar-refractivity contribution in [3.05, 3.63) is 93.4 Å². The van der Waals surface area contributed by atoms with E-state index < -0.39 is 28.5 Å². The summed E-state index contributed by atoms with van der Waals surface area (Å²) in [5, 5.41) is 4.07. The van der Waals surface area contributed by atoms with Gasteiger partial charge in [-0.1, -0.05) is 48.0 Å². The number of rotatable bonds is 7. The molecule has 1 aliphatic rings. The largest absolute Gasteiger partial charge is 0.451 e. The highest BCUT2D eigenvalue weighted by atomic mass is 32.2. The molecule has 4 rings (SSSR count). The summed E-state index contributed by atoms with van der Waals surface area (Å²) < 4.78 is 33.8. The number of hydrogen-bond acceptors (Lipinski definition) is 7. The van der Waals surface area contributed by atoms with Crippen molar-refractivity contribution in [2.24, 2.45) is 0 Å². The summed E-state index contributed by atoms with van der Waals surface area (Å²) in [5.41, 5.74) is 2.04. The lowest BCUT2D eigenvalue weighted by molar-refractivity contribution is -0.135. The molecule has 194 valence electrons. The number of carbonyl (C=O) groups is 2. The Labute approximate surface area is 215 Å². The molecule has 2 aromatic carbocycles. The van der Waals surface area contributed by atoms with Gasteiger partial charge in [0.1, 0.15) is 0 Å². The fourth-order valence-electron chi connectivity index (χ4n) is 4.13. The van der Waals surface area contributed by atoms with Crippen LogP contribution in [0.1, 0.15) is 27.2 Å². The van der Waals surface area contributed by atoms with Gasteiger partial charge in [0.15, 0.2) is 12.3 Å². The number of amides is 1. The third-order valence-electron chi connectivity index (χ3n) is 6.12. The van der Waals surface area contributed by atoms with Crippen molar-refractivity contribution in [2.75, 3.05) is 32.8 Å². The number of ether oxygens (including phenoxy) is 1. The SMILES string of the molecule is Cc1ccc(S(=O)(=O)N2CCN(C(=O)COC(=O)c3ccc(=O)n(Cc4ccccc4)n3)CC2)c(C)c1. The van der Waals surface area contributed by atoms with Crippen LogP contribution < -0.4 is 5.56 Å². The number of hydrogen-bond donors (Lipinski definition) is 0. The van der Waals surface area contributed by atoms with Gasteiger partial charge in [-0.05, 0) is 37.1 Å². The van der Waals surface area contributed by atoms with Gasteiger partial charge < -0.3 is 9.64 Å². The van der Waals surface area contributed by atoms with Gasteiger partial charge in [-0.15, -0.1) is 0 Å². The van der Waals surface area contributed by atoms with Crippen molar-refractivity contribution in [1.29, 1.82) is 0 Å². The van der Waals surface area contributed by atoms with Gasteiger partial charge in [0, 0.05) is 32.2 Å². The molecule has 10 nitrogen and oxygen atoms in total. The number of esters is 1. The summed E-state index contributed by atoms with van der Waals surface area (Å²) in [5.74, 6) is -1.26. The Bertz CT molecular complexity index is 1460. The molecule has 1 fully saturated rings. The van der Waals surface area contributed by atoms with Crippen LogP contribution in [-0.2, 0) is 26.1 Å². The molecule has 1 aromatic heterocycles. The Morgan fingerprint density at radius 2 is 1.65 bits per heavy atom. The summed E-state index contributed by atoms with van der Waals surface area (Å²) in [6.07, 6.45) is 0. The van der Waals surface area contributed by atoms with Crippen molar-refractivity contribution >= 4 is 21.9 Å². The van der Waals surface area contributed by atoms with Gasteiger partial charge in [0.25, 0.3) is 11.5 Å². The smallest absolute Gasteiger partial charge is 0.359 e. The highest BCUT2D eigenvalue weighted by molar-refractivity contribution is 7.89. The van der Waals surface area contributed by atoms with Crippen LogP contribution in [-0.4, -0.2) is 72.1 Å². The number of nitrogens with zero attached hydrogens (tertiary/aromatic N) is 4. The lowest BCUT2D eigenvalue weighted by atomic mass is 10.2. The summed E-state index contributed by atoms with van der Waals surface area (Å²) in [6.45, 7) is 3.98. The van der Waals surface area contributed by atoms with Gasteiger partial charge in [-0.2, -0.15) is 9.40 Å². The Kier molecular flexibility index (Phi) is 7.84. The Morgan fingerprint density at radius 3 is 2.32 bits per heavy atom. The molecule has 1 saturated heterocycles. The minimum atomic E-state index is -3.68. The molecule has 0 spiro atoms. The minimum absolute atomic E-state index is 0.0901. The zero-order valence-corrected chi connectivity index (χ0v) is 21.5. The van der Waals surface area contributed by atoms with E-state index in [4.69, 9.17) is 4.74 Å². The second-order valence-corrected chi connectivity index (χ2v) is 10.7. The van der Waals surface area contributed by atoms with Crippen LogP contribution in [0.2, 0.25) is 0 Å². The van der Waals surface area contributed by atoms with Crippen LogP contribution >= 0.6 is 0 Å². The minimum Gasteiger partial charge on any atom is -0.451 e. The van der Waals surface area contributed by atoms with E-state index in [2.05, 4.69) is 5.10 Å². The van der Waals surface area contributed by atoms with Crippen LogP contribution in [0.15, 0.2) is 70.4 Å². The highest BCUT2D eigenvalue weighted by Crippen LogP contribution is 2.22. The summed E-state index contributed by atoms with van der Waals surface area (Å²) in [6, 6.07) is 16.9. The Morgan fingerprint density at radius 1 is 0.946 bits per heavy atom. The Balaban J connectivity index is 1.32. The molecule has 0 aliphatic carbocycles. The maximum atomic E-state index is 13.1. The van der Waals surface area contributed by atoms with E-state index in [1.165, 1.54) is 21.3 Å². The third-order valence-corrected chi connectivity index (χ3v) is 8.18. The summed E-state index contributed by atoms with van der Waals surface area (Å²) >= 11 is 0. The van der Waals surface area contributed by atoms with Crippen LogP contribution in [0.4, 0.5) is 0 Å². The summed E-state index contributed by atoms with van der Waals surface area (Å²) in [7, 11) is -3.68. The van der Waals surface area contributed by atoms with Crippen molar-refractivity contribution in [3.63, 3.8) is 0 Å². The first-order valence-corrected chi connectivity index (χ1v) is 13.2. The van der Waals surface area contributed by atoms with Gasteiger partial charge >= 0.3 is 5.97 Å². The van der Waals surface area contributed by atoms with E-state index in [-0.39, 0.29) is 48.9 Å². The molecule has 1 aliphatic heterocycles. The maximum absolute atomic E-state index is 13.1. The predicted molar refractivity (Wildman–Crippen MR) is 136 cm³/mol. The summed E-state index contributed by atoms with van der Waals surface area (Å²) in [4.78, 5) is 39.0. The molecule has 0 saturated carbocycles. The van der Waals surface area contributed by atoms with E-state index >= 15 is 0 Å². The van der Waals surface area contributed by atoms with E-state index in [0.29, 0.717) is 5.56 Å². The average Bonchev–Trinajstić information content (AvgIpc) is 2.89. The fraction of sp³-hybridized carbons (Fsp3) is 0.308. The van der Waals surface area contributed by atoms with Gasteiger partial charge in [0.2, 0.25) is 10.0 Å². The number of carbonyl (C=O) groups excluding carboxylic acids is 2. The van der Waals surface area contributed by atoms with Gasteiger partial charge in [0.05, 0.1) is 11.4 Å². The Hall–Kier alpha value is -3.83. The maximum Gasteiger partial charge on any atom is 0.359 e. The standard InChI is InChI=1S/C26H28N4O6S/c1-19-8-10-23(20(2)16-19)37(34,35)29-14-12-28(13-15-29)25(32)18-36-26(33)22-9-11-24(31)30(27-22)17-21-6-4-3-5-7-21/h3-11,16H,12-15,17-18H2,1-2H3.